The van der Waals surface area contributed by atoms with Gasteiger partial charge in [-0.2, -0.15) is 0 Å². The monoisotopic (exact) mass is 218 g/mol. The Balaban J connectivity index is 3.42. The molecule has 15 heavy (non-hydrogen) atoms. The summed E-state index contributed by atoms with van der Waals surface area (Å²) in [4.78, 5) is 21.1. The summed E-state index contributed by atoms with van der Waals surface area (Å²) >= 11 is 0. The van der Waals surface area contributed by atoms with Crippen molar-refractivity contribution in [3.05, 3.63) is 0 Å². The third-order valence-corrected chi connectivity index (χ3v) is 1.81. The molecule has 0 bridgehead atoms. The molecule has 0 heterocycles. The molecule has 1 atom stereocenters. The fourth-order valence-corrected chi connectivity index (χ4v) is 1.05. The quantitative estimate of drug-likeness (QED) is 0.422. The molecule has 0 saturated heterocycles. The highest BCUT2D eigenvalue weighted by Crippen LogP contribution is 2.00. The molecule has 0 aromatic rings. The minimum Gasteiger partial charge on any atom is -0.465 e. The Morgan fingerprint density at radius 3 is 2.67 bits per heavy atom. The van der Waals surface area contributed by atoms with E-state index in [9.17, 15) is 9.59 Å². The first-order valence-corrected chi connectivity index (χ1v) is 4.97. The van der Waals surface area contributed by atoms with Crippen molar-refractivity contribution in [2.24, 2.45) is 5.73 Å². The van der Waals surface area contributed by atoms with Crippen molar-refractivity contribution in [1.29, 1.82) is 0 Å². The van der Waals surface area contributed by atoms with Crippen molar-refractivity contribution in [3.63, 3.8) is 0 Å². The van der Waals surface area contributed by atoms with Crippen LogP contribution in [-0.2, 0) is 9.53 Å². The van der Waals surface area contributed by atoms with Crippen LogP contribution in [0.15, 0.2) is 0 Å². The summed E-state index contributed by atoms with van der Waals surface area (Å²) in [5.74, 6) is -0.399. The summed E-state index contributed by atoms with van der Waals surface area (Å²) in [5.41, 5.74) is 5.53. The third kappa shape index (κ3) is 7.75. The van der Waals surface area contributed by atoms with Gasteiger partial charge in [-0.25, -0.2) is 4.79 Å². The molecule has 0 spiro atoms. The lowest BCUT2D eigenvalue weighted by Gasteiger charge is -2.09. The number of carboxylic acid groups (broad SMARTS) is 1. The van der Waals surface area contributed by atoms with Crippen molar-refractivity contribution >= 4 is 12.1 Å². The minimum atomic E-state index is -1.04. The fraction of sp³-hybridized carbons (Fsp3) is 0.778. The van der Waals surface area contributed by atoms with Crippen molar-refractivity contribution in [2.45, 2.75) is 32.2 Å². The predicted octanol–water partition coefficient (Wildman–Crippen LogP) is 0.315. The first-order valence-electron chi connectivity index (χ1n) is 4.97. The van der Waals surface area contributed by atoms with Gasteiger partial charge < -0.3 is 20.9 Å². The molecule has 1 amide bonds. The summed E-state index contributed by atoms with van der Waals surface area (Å²) in [6, 6.07) is -0.602. The maximum Gasteiger partial charge on any atom is 0.404 e. The zero-order valence-corrected chi connectivity index (χ0v) is 8.86. The number of hydrogen-bond donors (Lipinski definition) is 3. The van der Waals surface area contributed by atoms with E-state index in [0.717, 1.165) is 0 Å². The maximum atomic E-state index is 11.1. The van der Waals surface area contributed by atoms with Crippen LogP contribution in [0.2, 0.25) is 0 Å². The second kappa shape index (κ2) is 8.05. The van der Waals surface area contributed by atoms with E-state index < -0.39 is 18.1 Å². The summed E-state index contributed by atoms with van der Waals surface area (Å²) in [6.45, 7) is 2.43. The smallest absolute Gasteiger partial charge is 0.404 e. The molecular formula is C9H18N2O4. The molecule has 0 aliphatic heterocycles. The summed E-state index contributed by atoms with van der Waals surface area (Å²) in [5, 5.41) is 10.5. The van der Waals surface area contributed by atoms with Gasteiger partial charge in [0.25, 0.3) is 0 Å². The number of nitrogens with one attached hydrogen (secondary N) is 1. The van der Waals surface area contributed by atoms with Crippen LogP contribution < -0.4 is 11.1 Å². The van der Waals surface area contributed by atoms with Gasteiger partial charge in [-0.3, -0.25) is 4.79 Å². The number of carbonyl (C=O) groups is 2. The molecule has 0 aliphatic carbocycles. The van der Waals surface area contributed by atoms with Crippen LogP contribution >= 0.6 is 0 Å². The molecule has 0 aromatic heterocycles. The summed E-state index contributed by atoms with van der Waals surface area (Å²) in [7, 11) is 0. The van der Waals surface area contributed by atoms with Gasteiger partial charge in [0.15, 0.2) is 0 Å². The van der Waals surface area contributed by atoms with Crippen LogP contribution in [0.3, 0.4) is 0 Å². The topological polar surface area (TPSA) is 102 Å². The lowest BCUT2D eigenvalue weighted by atomic mass is 10.1. The molecule has 88 valence electrons. The van der Waals surface area contributed by atoms with E-state index in [4.69, 9.17) is 15.6 Å². The van der Waals surface area contributed by atoms with Crippen LogP contribution in [0.5, 0.6) is 0 Å². The van der Waals surface area contributed by atoms with E-state index in [2.05, 4.69) is 5.32 Å². The first kappa shape index (κ1) is 13.7. The van der Waals surface area contributed by atoms with Gasteiger partial charge >= 0.3 is 12.1 Å². The Labute approximate surface area is 88.8 Å². The molecule has 4 N–H and O–H groups in total. The molecule has 0 unspecified atom stereocenters. The Hall–Kier alpha value is -1.30. The number of carbonyl (C=O) groups excluding carboxylic acids is 1. The number of nitrogens with two attached hydrogens (primary N) is 1. The molecule has 0 saturated carbocycles. The Kier molecular flexibility index (Phi) is 7.35. The van der Waals surface area contributed by atoms with Gasteiger partial charge in [0.1, 0.15) is 6.04 Å². The molecule has 0 radical (unpaired) electrons. The third-order valence-electron chi connectivity index (χ3n) is 1.81. The van der Waals surface area contributed by atoms with E-state index in [1.807, 2.05) is 0 Å². The van der Waals surface area contributed by atoms with Gasteiger partial charge in [0.2, 0.25) is 0 Å². The second-order valence-electron chi connectivity index (χ2n) is 3.09. The second-order valence-corrected chi connectivity index (χ2v) is 3.09. The Bertz CT molecular complexity index is 208. The molecule has 0 rings (SSSR count). The fourth-order valence-electron chi connectivity index (χ4n) is 1.05. The van der Waals surface area contributed by atoms with Crippen LogP contribution in [0.25, 0.3) is 0 Å². The van der Waals surface area contributed by atoms with Crippen LogP contribution in [0, 0.1) is 0 Å². The SMILES string of the molecule is CCOC(=O)[C@@H](N)CCCCNC(=O)O. The molecular weight excluding hydrogens is 200 g/mol. The number of ether oxygens (including phenoxy) is 1. The van der Waals surface area contributed by atoms with E-state index in [-0.39, 0.29) is 0 Å². The van der Waals surface area contributed by atoms with E-state index in [1.165, 1.54) is 0 Å². The molecule has 0 aliphatic rings. The highest BCUT2D eigenvalue weighted by Gasteiger charge is 2.13. The number of rotatable bonds is 7. The van der Waals surface area contributed by atoms with Gasteiger partial charge in [0.05, 0.1) is 6.61 Å². The standard InChI is InChI=1S/C9H18N2O4/c1-2-15-8(12)7(10)5-3-4-6-11-9(13)14/h7,11H,2-6,10H2,1H3,(H,13,14)/t7-/m0/s1. The number of hydrogen-bond acceptors (Lipinski definition) is 4. The predicted molar refractivity (Wildman–Crippen MR) is 54.5 cm³/mol. The Morgan fingerprint density at radius 1 is 1.47 bits per heavy atom. The number of esters is 1. The molecule has 6 nitrogen and oxygen atoms in total. The summed E-state index contributed by atoms with van der Waals surface area (Å²) in [6.07, 6.45) is 0.837. The van der Waals surface area contributed by atoms with Gasteiger partial charge in [-0.15, -0.1) is 0 Å². The van der Waals surface area contributed by atoms with Gasteiger partial charge in [-0.05, 0) is 26.2 Å². The van der Waals surface area contributed by atoms with Crippen molar-refractivity contribution in [3.8, 4) is 0 Å². The lowest BCUT2D eigenvalue weighted by molar-refractivity contribution is -0.144. The van der Waals surface area contributed by atoms with Gasteiger partial charge in [0, 0.05) is 6.54 Å². The molecule has 0 aromatic carbocycles. The van der Waals surface area contributed by atoms with Crippen LogP contribution in [0.4, 0.5) is 4.79 Å². The maximum absolute atomic E-state index is 11.1. The average molecular weight is 218 g/mol. The van der Waals surface area contributed by atoms with E-state index in [1.54, 1.807) is 6.92 Å². The minimum absolute atomic E-state index is 0.326. The normalized spacial score (nSPS) is 11.9. The van der Waals surface area contributed by atoms with Crippen LogP contribution in [0.1, 0.15) is 26.2 Å². The van der Waals surface area contributed by atoms with Crippen LogP contribution in [-0.4, -0.2) is 36.4 Å². The highest BCUT2D eigenvalue weighted by atomic mass is 16.5. The van der Waals surface area contributed by atoms with Crippen molar-refractivity contribution in [2.75, 3.05) is 13.2 Å². The molecule has 6 heteroatoms. The zero-order valence-electron chi connectivity index (χ0n) is 8.86. The molecule has 0 fully saturated rings. The number of unbranched alkanes of at least 4 members (excludes halogenated alkanes) is 1. The van der Waals surface area contributed by atoms with E-state index >= 15 is 0 Å². The number of amides is 1. The highest BCUT2D eigenvalue weighted by molar-refractivity contribution is 5.75. The average Bonchev–Trinajstić information content (AvgIpc) is 2.16. The van der Waals surface area contributed by atoms with E-state index in [0.29, 0.717) is 32.4 Å². The van der Waals surface area contributed by atoms with Crippen molar-refractivity contribution < 1.29 is 19.4 Å². The first-order chi connectivity index (χ1) is 7.07. The Morgan fingerprint density at radius 2 is 2.13 bits per heavy atom. The van der Waals surface area contributed by atoms with Gasteiger partial charge in [-0.1, -0.05) is 0 Å². The van der Waals surface area contributed by atoms with Crippen molar-refractivity contribution in [1.82, 2.24) is 5.32 Å². The largest absolute Gasteiger partial charge is 0.465 e. The zero-order chi connectivity index (χ0) is 11.7. The summed E-state index contributed by atoms with van der Waals surface area (Å²) < 4.78 is 4.73. The lowest BCUT2D eigenvalue weighted by Crippen LogP contribution is -2.32.